The van der Waals surface area contributed by atoms with Gasteiger partial charge >= 0.3 is 0 Å². The first-order valence-electron chi connectivity index (χ1n) is 9.27. The summed E-state index contributed by atoms with van der Waals surface area (Å²) in [6.07, 6.45) is 4.12. The maximum absolute atomic E-state index is 9.38. The van der Waals surface area contributed by atoms with Crippen LogP contribution in [0.2, 0.25) is 0 Å². The van der Waals surface area contributed by atoms with Crippen LogP contribution < -0.4 is 4.90 Å². The van der Waals surface area contributed by atoms with Gasteiger partial charge in [0.05, 0.1) is 0 Å². The van der Waals surface area contributed by atoms with Crippen LogP contribution in [0.25, 0.3) is 12.2 Å². The van der Waals surface area contributed by atoms with Crippen LogP contribution in [-0.4, -0.2) is 5.11 Å². The second-order valence-corrected chi connectivity index (χ2v) is 6.52. The smallest absolute Gasteiger partial charge is 0.115 e. The van der Waals surface area contributed by atoms with Crippen molar-refractivity contribution < 1.29 is 5.11 Å². The van der Waals surface area contributed by atoms with Crippen LogP contribution in [0.15, 0.2) is 109 Å². The maximum Gasteiger partial charge on any atom is 0.115 e. The van der Waals surface area contributed by atoms with E-state index in [1.165, 1.54) is 0 Å². The quantitative estimate of drug-likeness (QED) is 0.385. The van der Waals surface area contributed by atoms with E-state index < -0.39 is 0 Å². The Labute approximate surface area is 165 Å². The molecule has 0 heterocycles. The summed E-state index contributed by atoms with van der Waals surface area (Å²) in [5.74, 6) is 0.281. The highest BCUT2D eigenvalue weighted by molar-refractivity contribution is 5.78. The molecule has 4 aromatic carbocycles. The van der Waals surface area contributed by atoms with Crippen LogP contribution >= 0.6 is 0 Å². The van der Waals surface area contributed by atoms with Crippen molar-refractivity contribution in [2.45, 2.75) is 0 Å². The maximum atomic E-state index is 9.38. The third-order valence-electron chi connectivity index (χ3n) is 4.54. The molecule has 2 nitrogen and oxygen atoms in total. The summed E-state index contributed by atoms with van der Waals surface area (Å²) >= 11 is 0. The number of hydrogen-bond acceptors (Lipinski definition) is 2. The van der Waals surface area contributed by atoms with Gasteiger partial charge in [0.1, 0.15) is 5.75 Å². The molecule has 0 saturated heterocycles. The second-order valence-electron chi connectivity index (χ2n) is 6.52. The molecule has 0 aliphatic rings. The normalized spacial score (nSPS) is 10.9. The highest BCUT2D eigenvalue weighted by Gasteiger charge is 2.11. The molecule has 0 aromatic heterocycles. The number of hydrogen-bond donors (Lipinski definition) is 1. The summed E-state index contributed by atoms with van der Waals surface area (Å²) in [5, 5.41) is 9.38. The van der Waals surface area contributed by atoms with E-state index in [-0.39, 0.29) is 5.75 Å². The molecule has 0 unspecified atom stereocenters. The Hall–Kier alpha value is -3.78. The van der Waals surface area contributed by atoms with E-state index in [1.807, 2.05) is 30.3 Å². The zero-order valence-electron chi connectivity index (χ0n) is 15.4. The van der Waals surface area contributed by atoms with Crippen molar-refractivity contribution in [3.8, 4) is 5.75 Å². The Morgan fingerprint density at radius 1 is 0.464 bits per heavy atom. The Morgan fingerprint density at radius 2 is 0.857 bits per heavy atom. The molecular weight excluding hydrogens is 342 g/mol. The van der Waals surface area contributed by atoms with Crippen molar-refractivity contribution in [2.75, 3.05) is 4.90 Å². The van der Waals surface area contributed by atoms with E-state index in [2.05, 4.69) is 83.8 Å². The van der Waals surface area contributed by atoms with Crippen molar-refractivity contribution >= 4 is 29.2 Å². The molecule has 0 radical (unpaired) electrons. The Balaban J connectivity index is 1.62. The molecule has 2 heteroatoms. The molecule has 0 atom stereocenters. The highest BCUT2D eigenvalue weighted by Crippen LogP contribution is 2.34. The number of para-hydroxylation sites is 2. The summed E-state index contributed by atoms with van der Waals surface area (Å²) in [5.41, 5.74) is 5.54. The van der Waals surface area contributed by atoms with E-state index in [1.54, 1.807) is 12.1 Å². The lowest BCUT2D eigenvalue weighted by atomic mass is 10.1. The molecule has 4 aromatic rings. The van der Waals surface area contributed by atoms with Gasteiger partial charge < -0.3 is 10.0 Å². The van der Waals surface area contributed by atoms with Crippen molar-refractivity contribution in [3.63, 3.8) is 0 Å². The van der Waals surface area contributed by atoms with Gasteiger partial charge in [-0.15, -0.1) is 0 Å². The molecule has 4 rings (SSSR count). The van der Waals surface area contributed by atoms with Crippen LogP contribution in [0.3, 0.4) is 0 Å². The number of nitrogens with zero attached hydrogens (tertiary/aromatic N) is 1. The Kier molecular flexibility index (Phi) is 5.21. The summed E-state index contributed by atoms with van der Waals surface area (Å²) in [4.78, 5) is 2.24. The number of aromatic hydroxyl groups is 1. The third kappa shape index (κ3) is 4.13. The predicted octanol–water partition coefficient (Wildman–Crippen LogP) is 7.03. The van der Waals surface area contributed by atoms with Crippen molar-refractivity contribution in [2.24, 2.45) is 0 Å². The minimum absolute atomic E-state index is 0.281. The second kappa shape index (κ2) is 8.28. The van der Waals surface area contributed by atoms with Gasteiger partial charge in [0.25, 0.3) is 0 Å². The van der Waals surface area contributed by atoms with Crippen molar-refractivity contribution in [1.82, 2.24) is 0 Å². The molecule has 0 bridgehead atoms. The fourth-order valence-electron chi connectivity index (χ4n) is 3.11. The summed E-state index contributed by atoms with van der Waals surface area (Å²) < 4.78 is 0. The lowest BCUT2D eigenvalue weighted by molar-refractivity contribution is 0.475. The molecule has 0 saturated carbocycles. The SMILES string of the molecule is Oc1ccc(/C=C/c2ccc(N(c3ccccc3)c3ccccc3)cc2)cc1. The van der Waals surface area contributed by atoms with E-state index in [0.29, 0.717) is 0 Å². The molecule has 28 heavy (non-hydrogen) atoms. The van der Waals surface area contributed by atoms with Crippen molar-refractivity contribution in [1.29, 1.82) is 0 Å². The fraction of sp³-hybridized carbons (Fsp3) is 0. The first kappa shape index (κ1) is 17.6. The monoisotopic (exact) mass is 363 g/mol. The topological polar surface area (TPSA) is 23.5 Å². The predicted molar refractivity (Wildman–Crippen MR) is 118 cm³/mol. The molecule has 0 aliphatic heterocycles. The van der Waals surface area contributed by atoms with Gasteiger partial charge in [0.15, 0.2) is 0 Å². The molecule has 0 spiro atoms. The fourth-order valence-corrected chi connectivity index (χ4v) is 3.11. The van der Waals surface area contributed by atoms with Crippen LogP contribution in [0.5, 0.6) is 5.75 Å². The van der Waals surface area contributed by atoms with Gasteiger partial charge in [-0.2, -0.15) is 0 Å². The van der Waals surface area contributed by atoms with Crippen LogP contribution in [0.4, 0.5) is 17.1 Å². The number of benzene rings is 4. The van der Waals surface area contributed by atoms with Gasteiger partial charge in [-0.25, -0.2) is 0 Å². The largest absolute Gasteiger partial charge is 0.508 e. The lowest BCUT2D eigenvalue weighted by Gasteiger charge is -2.25. The molecular formula is C26H21NO. The number of anilines is 3. The zero-order valence-corrected chi connectivity index (χ0v) is 15.4. The molecule has 0 amide bonds. The molecule has 1 N–H and O–H groups in total. The number of phenolic OH excluding ortho intramolecular Hbond substituents is 1. The molecule has 0 fully saturated rings. The van der Waals surface area contributed by atoms with E-state index in [4.69, 9.17) is 0 Å². The minimum atomic E-state index is 0.281. The first-order valence-corrected chi connectivity index (χ1v) is 9.27. The van der Waals surface area contributed by atoms with Gasteiger partial charge in [-0.3, -0.25) is 0 Å². The van der Waals surface area contributed by atoms with Gasteiger partial charge in [-0.1, -0.05) is 72.8 Å². The third-order valence-corrected chi connectivity index (χ3v) is 4.54. The van der Waals surface area contributed by atoms with Crippen LogP contribution in [0.1, 0.15) is 11.1 Å². The average Bonchev–Trinajstić information content (AvgIpc) is 2.76. The van der Waals surface area contributed by atoms with E-state index in [9.17, 15) is 5.11 Å². The van der Waals surface area contributed by atoms with E-state index in [0.717, 1.165) is 28.2 Å². The van der Waals surface area contributed by atoms with Crippen molar-refractivity contribution in [3.05, 3.63) is 120 Å². The van der Waals surface area contributed by atoms with Gasteiger partial charge in [0.2, 0.25) is 0 Å². The van der Waals surface area contributed by atoms with E-state index >= 15 is 0 Å². The van der Waals surface area contributed by atoms with Crippen LogP contribution in [0, 0.1) is 0 Å². The van der Waals surface area contributed by atoms with Gasteiger partial charge in [0, 0.05) is 17.1 Å². The standard InChI is InChI=1S/C26H21NO/c28-26-19-15-22(16-20-26)12-11-21-13-17-25(18-14-21)27(23-7-3-1-4-8-23)24-9-5-2-6-10-24/h1-20,28H/b12-11+. The first-order chi connectivity index (χ1) is 13.8. The lowest BCUT2D eigenvalue weighted by Crippen LogP contribution is -2.09. The summed E-state index contributed by atoms with van der Waals surface area (Å²) in [6.45, 7) is 0. The number of phenols is 1. The average molecular weight is 363 g/mol. The molecule has 0 aliphatic carbocycles. The van der Waals surface area contributed by atoms with Crippen LogP contribution in [-0.2, 0) is 0 Å². The highest BCUT2D eigenvalue weighted by atomic mass is 16.3. The number of rotatable bonds is 5. The molecule has 136 valence electrons. The Bertz CT molecular complexity index is 998. The summed E-state index contributed by atoms with van der Waals surface area (Å²) in [7, 11) is 0. The minimum Gasteiger partial charge on any atom is -0.508 e. The zero-order chi connectivity index (χ0) is 19.2. The Morgan fingerprint density at radius 3 is 1.32 bits per heavy atom. The van der Waals surface area contributed by atoms with Gasteiger partial charge in [-0.05, 0) is 59.7 Å². The summed E-state index contributed by atoms with van der Waals surface area (Å²) in [6, 6.07) is 36.4.